The monoisotopic (exact) mass is 266 g/mol. The number of nitrogens with one attached hydrogen (secondary N) is 2. The van der Waals surface area contributed by atoms with Gasteiger partial charge in [0.05, 0.1) is 12.8 Å². The Hall–Kier alpha value is -1.79. The molecular weight excluding hydrogens is 244 g/mol. The van der Waals surface area contributed by atoms with Crippen LogP contribution < -0.4 is 21.3 Å². The minimum atomic E-state index is 0.500. The van der Waals surface area contributed by atoms with Crippen LogP contribution in [-0.4, -0.2) is 33.3 Å². The maximum atomic E-state index is 5.45. The minimum Gasteiger partial charge on any atom is -0.495 e. The summed E-state index contributed by atoms with van der Waals surface area (Å²) in [5.74, 6) is 6.69. The number of guanidine groups is 1. The van der Waals surface area contributed by atoms with Crippen molar-refractivity contribution in [1.29, 1.82) is 0 Å². The first kappa shape index (κ1) is 15.3. The zero-order valence-electron chi connectivity index (χ0n) is 11.7. The van der Waals surface area contributed by atoms with Crippen molar-refractivity contribution in [2.24, 2.45) is 10.8 Å². The van der Waals surface area contributed by atoms with Gasteiger partial charge in [-0.05, 0) is 31.0 Å². The van der Waals surface area contributed by atoms with Gasteiger partial charge in [-0.2, -0.15) is 0 Å². The van der Waals surface area contributed by atoms with Gasteiger partial charge in [-0.15, -0.1) is 0 Å². The molecule has 6 heteroatoms. The van der Waals surface area contributed by atoms with Gasteiger partial charge in [0.2, 0.25) is 5.96 Å². The number of ether oxygens (including phenoxy) is 2. The van der Waals surface area contributed by atoms with Gasteiger partial charge < -0.3 is 14.8 Å². The smallest absolute Gasteiger partial charge is 0.210 e. The van der Waals surface area contributed by atoms with Crippen molar-refractivity contribution in [1.82, 2.24) is 5.43 Å². The Kier molecular flexibility index (Phi) is 6.70. The molecule has 0 unspecified atom stereocenters. The molecular formula is C13H22N4O2. The van der Waals surface area contributed by atoms with E-state index >= 15 is 0 Å². The number of aryl methyl sites for hydroxylation is 1. The highest BCUT2D eigenvalue weighted by Gasteiger charge is 2.05. The van der Waals surface area contributed by atoms with Gasteiger partial charge in [0.1, 0.15) is 5.75 Å². The van der Waals surface area contributed by atoms with Crippen molar-refractivity contribution >= 4 is 11.6 Å². The molecule has 0 atom stereocenters. The number of nitrogens with zero attached hydrogens (tertiary/aromatic N) is 1. The molecule has 1 aromatic rings. The first-order chi connectivity index (χ1) is 9.21. The zero-order valence-corrected chi connectivity index (χ0v) is 11.7. The van der Waals surface area contributed by atoms with Crippen LogP contribution in [0.5, 0.6) is 5.75 Å². The van der Waals surface area contributed by atoms with E-state index in [1.165, 1.54) is 0 Å². The highest BCUT2D eigenvalue weighted by Crippen LogP contribution is 2.24. The molecule has 0 aliphatic heterocycles. The van der Waals surface area contributed by atoms with Crippen LogP contribution in [0.2, 0.25) is 0 Å². The first-order valence-electron chi connectivity index (χ1n) is 6.13. The second-order valence-corrected chi connectivity index (χ2v) is 4.05. The molecule has 1 rings (SSSR count). The number of benzene rings is 1. The summed E-state index contributed by atoms with van der Waals surface area (Å²) < 4.78 is 10.2. The lowest BCUT2D eigenvalue weighted by atomic mass is 10.2. The van der Waals surface area contributed by atoms with Crippen LogP contribution >= 0.6 is 0 Å². The first-order valence-corrected chi connectivity index (χ1v) is 6.13. The van der Waals surface area contributed by atoms with Crippen LogP contribution in [0.3, 0.4) is 0 Å². The maximum absolute atomic E-state index is 5.45. The fourth-order valence-electron chi connectivity index (χ4n) is 1.57. The van der Waals surface area contributed by atoms with Crippen LogP contribution in [-0.2, 0) is 4.74 Å². The van der Waals surface area contributed by atoms with Crippen molar-refractivity contribution in [3.8, 4) is 5.75 Å². The average molecular weight is 266 g/mol. The zero-order chi connectivity index (χ0) is 14.1. The molecule has 19 heavy (non-hydrogen) atoms. The normalized spacial score (nSPS) is 11.3. The van der Waals surface area contributed by atoms with E-state index in [-0.39, 0.29) is 0 Å². The summed E-state index contributed by atoms with van der Waals surface area (Å²) in [5.41, 5.74) is 4.49. The Morgan fingerprint density at radius 1 is 1.37 bits per heavy atom. The van der Waals surface area contributed by atoms with Gasteiger partial charge in [0.15, 0.2) is 0 Å². The molecule has 0 radical (unpaired) electrons. The maximum Gasteiger partial charge on any atom is 0.210 e. The summed E-state index contributed by atoms with van der Waals surface area (Å²) >= 11 is 0. The minimum absolute atomic E-state index is 0.500. The van der Waals surface area contributed by atoms with Crippen molar-refractivity contribution in [3.63, 3.8) is 0 Å². The number of methoxy groups -OCH3 is 2. The third-order valence-corrected chi connectivity index (χ3v) is 2.52. The fraction of sp³-hybridized carbons (Fsp3) is 0.462. The quantitative estimate of drug-likeness (QED) is 0.237. The largest absolute Gasteiger partial charge is 0.495 e. The van der Waals surface area contributed by atoms with Crippen LogP contribution in [0.25, 0.3) is 0 Å². The summed E-state index contributed by atoms with van der Waals surface area (Å²) in [6.07, 6.45) is 0.842. The van der Waals surface area contributed by atoms with E-state index in [1.807, 2.05) is 25.1 Å². The molecule has 4 N–H and O–H groups in total. The highest BCUT2D eigenvalue weighted by atomic mass is 16.5. The predicted molar refractivity (Wildman–Crippen MR) is 77.5 cm³/mol. The van der Waals surface area contributed by atoms with Gasteiger partial charge in [0.25, 0.3) is 0 Å². The summed E-state index contributed by atoms with van der Waals surface area (Å²) in [4.78, 5) is 4.31. The molecule has 0 heterocycles. The molecule has 1 aromatic carbocycles. The van der Waals surface area contributed by atoms with E-state index in [1.54, 1.807) is 14.2 Å². The van der Waals surface area contributed by atoms with Crippen molar-refractivity contribution < 1.29 is 9.47 Å². The van der Waals surface area contributed by atoms with E-state index in [0.717, 1.165) is 23.4 Å². The van der Waals surface area contributed by atoms with Crippen LogP contribution in [0.1, 0.15) is 12.0 Å². The molecule has 0 fully saturated rings. The fourth-order valence-corrected chi connectivity index (χ4v) is 1.57. The van der Waals surface area contributed by atoms with E-state index in [9.17, 15) is 0 Å². The summed E-state index contributed by atoms with van der Waals surface area (Å²) in [5, 5.41) is 3.11. The van der Waals surface area contributed by atoms with E-state index in [4.69, 9.17) is 15.3 Å². The number of nitrogens with two attached hydrogens (primary N) is 1. The topological polar surface area (TPSA) is 80.9 Å². The summed E-state index contributed by atoms with van der Waals surface area (Å²) in [6, 6.07) is 5.85. The SMILES string of the molecule is COCCCN=C(NN)Nc1cc(C)ccc1OC. The average Bonchev–Trinajstić information content (AvgIpc) is 2.42. The van der Waals surface area contributed by atoms with Crippen LogP contribution in [0, 0.1) is 6.92 Å². The molecule has 6 nitrogen and oxygen atoms in total. The summed E-state index contributed by atoms with van der Waals surface area (Å²) in [6.45, 7) is 3.32. The van der Waals surface area contributed by atoms with Crippen LogP contribution in [0.15, 0.2) is 23.2 Å². The molecule has 0 aromatic heterocycles. The van der Waals surface area contributed by atoms with Gasteiger partial charge >= 0.3 is 0 Å². The Balaban J connectivity index is 2.71. The van der Waals surface area contributed by atoms with Crippen molar-refractivity contribution in [2.75, 3.05) is 32.7 Å². The molecule has 0 saturated carbocycles. The number of hydrazine groups is 1. The van der Waals surface area contributed by atoms with Gasteiger partial charge in [-0.3, -0.25) is 10.4 Å². The van der Waals surface area contributed by atoms with E-state index in [2.05, 4.69) is 15.7 Å². The number of hydrogen-bond donors (Lipinski definition) is 3. The molecule has 0 spiro atoms. The standard InChI is InChI=1S/C13H22N4O2/c1-10-5-6-12(19-3)11(9-10)16-13(17-14)15-7-4-8-18-2/h5-6,9H,4,7-8,14H2,1-3H3,(H2,15,16,17). The summed E-state index contributed by atoms with van der Waals surface area (Å²) in [7, 11) is 3.29. The Morgan fingerprint density at radius 3 is 2.79 bits per heavy atom. The Labute approximate surface area is 114 Å². The molecule has 0 aliphatic rings. The molecule has 0 saturated heterocycles. The second kappa shape index (κ2) is 8.34. The number of anilines is 1. The Morgan fingerprint density at radius 2 is 2.16 bits per heavy atom. The second-order valence-electron chi connectivity index (χ2n) is 4.05. The number of rotatable bonds is 6. The van der Waals surface area contributed by atoms with Gasteiger partial charge in [-0.25, -0.2) is 5.84 Å². The van der Waals surface area contributed by atoms with Crippen LogP contribution in [0.4, 0.5) is 5.69 Å². The molecule has 0 bridgehead atoms. The number of hydrogen-bond acceptors (Lipinski definition) is 4. The predicted octanol–water partition coefficient (Wildman–Crippen LogP) is 1.27. The molecule has 0 aliphatic carbocycles. The lowest BCUT2D eigenvalue weighted by molar-refractivity contribution is 0.197. The van der Waals surface area contributed by atoms with Gasteiger partial charge in [-0.1, -0.05) is 6.07 Å². The lowest BCUT2D eigenvalue weighted by Crippen LogP contribution is -2.36. The molecule has 0 amide bonds. The third-order valence-electron chi connectivity index (χ3n) is 2.52. The molecule has 106 valence electrons. The highest BCUT2D eigenvalue weighted by molar-refractivity contribution is 5.94. The number of aliphatic imine (C=N–C) groups is 1. The lowest BCUT2D eigenvalue weighted by Gasteiger charge is -2.13. The van der Waals surface area contributed by atoms with Crippen molar-refractivity contribution in [3.05, 3.63) is 23.8 Å². The Bertz CT molecular complexity index is 421. The van der Waals surface area contributed by atoms with Crippen molar-refractivity contribution in [2.45, 2.75) is 13.3 Å². The third kappa shape index (κ3) is 5.15. The van der Waals surface area contributed by atoms with Gasteiger partial charge in [0, 0.05) is 20.3 Å². The van der Waals surface area contributed by atoms with E-state index < -0.39 is 0 Å². The van der Waals surface area contributed by atoms with E-state index in [0.29, 0.717) is 19.1 Å².